The first-order valence-electron chi connectivity index (χ1n) is 4.18. The molecule has 0 fully saturated rings. The topological polar surface area (TPSA) is 45.2 Å². The number of halogens is 1. The lowest BCUT2D eigenvalue weighted by Crippen LogP contribution is -3.00. The first-order chi connectivity index (χ1) is 6.20. The summed E-state index contributed by atoms with van der Waals surface area (Å²) in [7, 11) is 0. The Labute approximate surface area is 89.2 Å². The maximum atomic E-state index is 11.4. The fourth-order valence-electron chi connectivity index (χ4n) is 1.22. The van der Waals surface area contributed by atoms with Crippen molar-refractivity contribution in [3.8, 4) is 0 Å². The van der Waals surface area contributed by atoms with Crippen LogP contribution in [-0.4, -0.2) is 5.78 Å². The van der Waals surface area contributed by atoms with E-state index in [1.807, 2.05) is 6.92 Å². The zero-order valence-electron chi connectivity index (χ0n) is 8.12. The number of benzene rings is 1. The molecule has 0 unspecified atom stereocenters. The fourth-order valence-corrected chi connectivity index (χ4v) is 1.22. The molecule has 0 aromatic heterocycles. The maximum Gasteiger partial charge on any atom is 0.388 e. The molecule has 0 aliphatic carbocycles. The van der Waals surface area contributed by atoms with Crippen molar-refractivity contribution in [2.45, 2.75) is 20.3 Å². The summed E-state index contributed by atoms with van der Waals surface area (Å²) in [6.07, 6.45) is 0.468. The molecule has 74 valence electrons. The molecule has 0 heterocycles. The molecule has 0 N–H and O–H groups in total. The molecule has 0 aliphatic heterocycles. The van der Waals surface area contributed by atoms with Crippen LogP contribution >= 0.6 is 0 Å². The van der Waals surface area contributed by atoms with Crippen molar-refractivity contribution < 1.29 is 17.2 Å². The van der Waals surface area contributed by atoms with Crippen molar-refractivity contribution in [2.24, 2.45) is 0 Å². The number of nitrogens with zero attached hydrogens (tertiary/aromatic N) is 2. The van der Waals surface area contributed by atoms with Crippen molar-refractivity contribution in [3.05, 3.63) is 34.3 Å². The Bertz CT molecular complexity index is 382. The summed E-state index contributed by atoms with van der Waals surface area (Å²) in [4.78, 5) is 14.5. The third kappa shape index (κ3) is 2.30. The van der Waals surface area contributed by atoms with Crippen LogP contribution in [0.5, 0.6) is 0 Å². The maximum absolute atomic E-state index is 11.4. The Hall–Kier alpha value is -1.40. The first kappa shape index (κ1) is 12.6. The highest BCUT2D eigenvalue weighted by molar-refractivity contribution is 5.98. The van der Waals surface area contributed by atoms with Gasteiger partial charge in [0, 0.05) is 18.1 Å². The summed E-state index contributed by atoms with van der Waals surface area (Å²) < 4.78 is 0. The standard InChI is InChI=1S/C10H11N2O.ClH/c1-3-10(13)8-5-4-6-9(12-11)7(8)2;/h4-6H,3H2,1-2H3;1H/q+1;/p-1. The normalized spacial score (nSPS) is 8.64. The molecular formula is C10H11ClN2O. The Balaban J connectivity index is 0.00000169. The van der Waals surface area contributed by atoms with E-state index in [4.69, 9.17) is 5.39 Å². The molecule has 3 nitrogen and oxygen atoms in total. The van der Waals surface area contributed by atoms with E-state index in [-0.39, 0.29) is 18.2 Å². The summed E-state index contributed by atoms with van der Waals surface area (Å²) in [6, 6.07) is 5.13. The molecule has 0 bridgehead atoms. The van der Waals surface area contributed by atoms with Crippen LogP contribution < -0.4 is 12.4 Å². The van der Waals surface area contributed by atoms with Crippen LogP contribution in [0.15, 0.2) is 18.2 Å². The van der Waals surface area contributed by atoms with Crippen molar-refractivity contribution in [1.82, 2.24) is 0 Å². The first-order valence-corrected chi connectivity index (χ1v) is 4.18. The number of ketones is 1. The van der Waals surface area contributed by atoms with Crippen molar-refractivity contribution >= 4 is 11.5 Å². The monoisotopic (exact) mass is 210 g/mol. The number of Topliss-reactive ketones (excluding diaryl/α,β-unsaturated/α-hetero) is 1. The summed E-state index contributed by atoms with van der Waals surface area (Å²) in [5.41, 5.74) is 1.83. The van der Waals surface area contributed by atoms with E-state index in [2.05, 4.69) is 4.98 Å². The summed E-state index contributed by atoms with van der Waals surface area (Å²) in [6.45, 7) is 3.59. The van der Waals surface area contributed by atoms with Crippen LogP contribution in [0.1, 0.15) is 29.3 Å². The van der Waals surface area contributed by atoms with E-state index in [1.54, 1.807) is 25.1 Å². The van der Waals surface area contributed by atoms with Gasteiger partial charge in [0.1, 0.15) is 0 Å². The molecule has 1 aromatic carbocycles. The number of carbonyl (C=O) groups is 1. The van der Waals surface area contributed by atoms with Gasteiger partial charge in [-0.1, -0.05) is 19.1 Å². The molecule has 0 spiro atoms. The Morgan fingerprint density at radius 1 is 1.50 bits per heavy atom. The van der Waals surface area contributed by atoms with E-state index < -0.39 is 0 Å². The number of hydrogen-bond donors (Lipinski definition) is 0. The van der Waals surface area contributed by atoms with Crippen LogP contribution in [0.2, 0.25) is 0 Å². The lowest BCUT2D eigenvalue weighted by molar-refractivity contribution is -0.0000109. The van der Waals surface area contributed by atoms with Gasteiger partial charge in [0.05, 0.1) is 5.56 Å². The van der Waals surface area contributed by atoms with E-state index in [0.717, 1.165) is 5.56 Å². The Kier molecular flexibility index (Phi) is 4.82. The van der Waals surface area contributed by atoms with Gasteiger partial charge in [-0.2, -0.15) is 0 Å². The molecule has 0 saturated heterocycles. The molecule has 1 rings (SSSR count). The van der Waals surface area contributed by atoms with E-state index in [0.29, 0.717) is 17.7 Å². The van der Waals surface area contributed by atoms with Gasteiger partial charge in [-0.05, 0) is 6.92 Å². The smallest absolute Gasteiger partial charge is 0.388 e. The van der Waals surface area contributed by atoms with Crippen LogP contribution in [-0.2, 0) is 0 Å². The second kappa shape index (κ2) is 5.36. The van der Waals surface area contributed by atoms with Crippen molar-refractivity contribution in [3.63, 3.8) is 0 Å². The lowest BCUT2D eigenvalue weighted by Gasteiger charge is -1.98. The van der Waals surface area contributed by atoms with Crippen LogP contribution in [0, 0.1) is 12.3 Å². The predicted octanol–water partition coefficient (Wildman–Crippen LogP) is 0.0763. The average Bonchev–Trinajstić information content (AvgIpc) is 2.17. The fraction of sp³-hybridized carbons (Fsp3) is 0.300. The number of hydrogen-bond acceptors (Lipinski definition) is 2. The highest BCUT2D eigenvalue weighted by Crippen LogP contribution is 2.22. The second-order valence-electron chi connectivity index (χ2n) is 2.83. The molecule has 0 atom stereocenters. The molecular weight excluding hydrogens is 200 g/mol. The quantitative estimate of drug-likeness (QED) is 0.513. The van der Waals surface area contributed by atoms with Gasteiger partial charge in [0.15, 0.2) is 10.8 Å². The van der Waals surface area contributed by atoms with Gasteiger partial charge in [-0.3, -0.25) is 4.79 Å². The van der Waals surface area contributed by atoms with E-state index in [1.165, 1.54) is 0 Å². The van der Waals surface area contributed by atoms with Crippen LogP contribution in [0.3, 0.4) is 0 Å². The third-order valence-electron chi connectivity index (χ3n) is 2.03. The van der Waals surface area contributed by atoms with Crippen LogP contribution in [0.25, 0.3) is 4.98 Å². The molecule has 0 radical (unpaired) electrons. The Morgan fingerprint density at radius 3 is 2.64 bits per heavy atom. The summed E-state index contributed by atoms with van der Waals surface area (Å²) in [5, 5.41) is 8.61. The minimum Gasteiger partial charge on any atom is -1.00 e. The SMILES string of the molecule is CCC(=O)c1cccc([N+]#N)c1C.[Cl-]. The highest BCUT2D eigenvalue weighted by Gasteiger charge is 2.16. The average molecular weight is 211 g/mol. The number of rotatable bonds is 2. The second-order valence-corrected chi connectivity index (χ2v) is 2.83. The van der Waals surface area contributed by atoms with E-state index in [9.17, 15) is 4.79 Å². The third-order valence-corrected chi connectivity index (χ3v) is 2.03. The minimum absolute atomic E-state index is 0. The van der Waals surface area contributed by atoms with Crippen LogP contribution in [0.4, 0.5) is 5.69 Å². The molecule has 1 aromatic rings. The van der Waals surface area contributed by atoms with Gasteiger partial charge in [0.2, 0.25) is 5.39 Å². The lowest BCUT2D eigenvalue weighted by atomic mass is 10.0. The summed E-state index contributed by atoms with van der Waals surface area (Å²) in [5.74, 6) is 0.0722. The molecule has 4 heteroatoms. The number of diazo groups is 1. The van der Waals surface area contributed by atoms with Crippen molar-refractivity contribution in [1.29, 1.82) is 5.39 Å². The Morgan fingerprint density at radius 2 is 2.14 bits per heavy atom. The van der Waals surface area contributed by atoms with Gasteiger partial charge in [-0.25, -0.2) is 0 Å². The van der Waals surface area contributed by atoms with E-state index >= 15 is 0 Å². The van der Waals surface area contributed by atoms with Gasteiger partial charge in [0.25, 0.3) is 0 Å². The van der Waals surface area contributed by atoms with Crippen molar-refractivity contribution in [2.75, 3.05) is 0 Å². The zero-order valence-corrected chi connectivity index (χ0v) is 8.88. The van der Waals surface area contributed by atoms with Gasteiger partial charge in [-0.15, -0.1) is 0 Å². The zero-order chi connectivity index (χ0) is 9.84. The largest absolute Gasteiger partial charge is 1.00 e. The molecule has 0 amide bonds. The minimum atomic E-state index is 0. The molecule has 14 heavy (non-hydrogen) atoms. The number of carbonyl (C=O) groups excluding carboxylic acids is 1. The predicted molar refractivity (Wildman–Crippen MR) is 50.5 cm³/mol. The molecule has 0 saturated carbocycles. The molecule has 0 aliphatic rings. The van der Waals surface area contributed by atoms with Gasteiger partial charge < -0.3 is 12.4 Å². The summed E-state index contributed by atoms with van der Waals surface area (Å²) >= 11 is 0. The van der Waals surface area contributed by atoms with Gasteiger partial charge >= 0.3 is 5.69 Å². The highest BCUT2D eigenvalue weighted by atomic mass is 35.5.